The van der Waals surface area contributed by atoms with Gasteiger partial charge in [0.1, 0.15) is 17.5 Å². The first-order valence-corrected chi connectivity index (χ1v) is 14.3. The van der Waals surface area contributed by atoms with Gasteiger partial charge in [0.05, 0.1) is 12.0 Å². The van der Waals surface area contributed by atoms with E-state index >= 15 is 8.78 Å². The molecule has 2 aromatic rings. The topological polar surface area (TPSA) is 9.23 Å². The second-order valence-corrected chi connectivity index (χ2v) is 11.2. The lowest BCUT2D eigenvalue weighted by atomic mass is 9.77. The van der Waals surface area contributed by atoms with Crippen molar-refractivity contribution in [3.05, 3.63) is 88.0 Å². The van der Waals surface area contributed by atoms with Crippen LogP contribution in [0.3, 0.4) is 0 Å². The van der Waals surface area contributed by atoms with E-state index in [-0.39, 0.29) is 68.4 Å². The summed E-state index contributed by atoms with van der Waals surface area (Å²) in [6, 6.07) is 3.32. The zero-order valence-corrected chi connectivity index (χ0v) is 23.2. The van der Waals surface area contributed by atoms with Gasteiger partial charge < -0.3 is 4.74 Å². The van der Waals surface area contributed by atoms with E-state index in [9.17, 15) is 30.7 Å². The van der Waals surface area contributed by atoms with E-state index in [1.54, 1.807) is 19.1 Å². The average molecular weight is 605 g/mol. The summed E-state index contributed by atoms with van der Waals surface area (Å²) in [4.78, 5) is 0. The first kappa shape index (κ1) is 32.2. The van der Waals surface area contributed by atoms with Crippen molar-refractivity contribution in [2.24, 2.45) is 5.92 Å². The van der Waals surface area contributed by atoms with Crippen molar-refractivity contribution in [2.75, 3.05) is 0 Å². The Bertz CT molecular complexity index is 1260. The Labute approximate surface area is 239 Å². The fourth-order valence-corrected chi connectivity index (χ4v) is 6.11. The van der Waals surface area contributed by atoms with Gasteiger partial charge in [-0.1, -0.05) is 12.2 Å². The third kappa shape index (κ3) is 7.41. The summed E-state index contributed by atoms with van der Waals surface area (Å²) in [6.07, 6.45) is 0.121. The summed E-state index contributed by atoms with van der Waals surface area (Å²) in [6.45, 7) is 1.72. The molecule has 2 aliphatic carbocycles. The Morgan fingerprint density at radius 3 is 1.88 bits per heavy atom. The highest BCUT2D eigenvalue weighted by molar-refractivity contribution is 5.61. The van der Waals surface area contributed by atoms with Gasteiger partial charge in [-0.05, 0) is 106 Å². The number of ether oxygens (including phenoxy) is 1. The summed E-state index contributed by atoms with van der Waals surface area (Å²) in [5.41, 5.74) is -0.601. The molecule has 2 aliphatic rings. The van der Waals surface area contributed by atoms with E-state index in [0.29, 0.717) is 12.8 Å². The lowest BCUT2D eigenvalue weighted by Gasteiger charge is -2.37. The van der Waals surface area contributed by atoms with Crippen LogP contribution < -0.4 is 0 Å². The molecular weight excluding hydrogens is 571 g/mol. The molecule has 0 unspecified atom stereocenters. The Balaban J connectivity index is 1.33. The molecule has 2 fully saturated rings. The largest absolute Gasteiger partial charge is 0.358 e. The number of rotatable bonds is 9. The second-order valence-electron chi connectivity index (χ2n) is 11.2. The van der Waals surface area contributed by atoms with Gasteiger partial charge in [0, 0.05) is 17.5 Å². The normalized spacial score (nSPS) is 24.2. The number of alkyl halides is 2. The molecule has 0 radical (unpaired) electrons. The summed E-state index contributed by atoms with van der Waals surface area (Å²) in [5.74, 6) is -10.9. The van der Waals surface area contributed by atoms with Crippen molar-refractivity contribution in [3.63, 3.8) is 0 Å². The molecule has 230 valence electrons. The molecule has 0 saturated heterocycles. The quantitative estimate of drug-likeness (QED) is 0.157. The number of hydrogen-bond acceptors (Lipinski definition) is 1. The fourth-order valence-electron chi connectivity index (χ4n) is 6.11. The van der Waals surface area contributed by atoms with Crippen LogP contribution in [0.15, 0.2) is 42.2 Å². The minimum absolute atomic E-state index is 0.0568. The molecule has 0 amide bonds. The molecule has 0 aromatic heterocycles. The van der Waals surface area contributed by atoms with Crippen molar-refractivity contribution >= 4 is 5.83 Å². The van der Waals surface area contributed by atoms with Gasteiger partial charge in [-0.3, -0.25) is 0 Å². The number of halogens is 9. The molecule has 0 bridgehead atoms. The van der Waals surface area contributed by atoms with Crippen LogP contribution in [0.2, 0.25) is 0 Å². The van der Waals surface area contributed by atoms with E-state index < -0.39 is 70.4 Å². The molecule has 0 atom stereocenters. The van der Waals surface area contributed by atoms with E-state index in [2.05, 4.69) is 0 Å². The maximum absolute atomic E-state index is 15.1. The van der Waals surface area contributed by atoms with E-state index in [1.165, 1.54) is 0 Å². The van der Waals surface area contributed by atoms with Gasteiger partial charge in [-0.2, -0.15) is 8.78 Å². The Kier molecular flexibility index (Phi) is 10.5. The highest BCUT2D eigenvalue weighted by atomic mass is 19.3. The Morgan fingerprint density at radius 1 is 0.786 bits per heavy atom. The molecule has 0 aliphatic heterocycles. The maximum Gasteiger partial charge on any atom is 0.358 e. The van der Waals surface area contributed by atoms with Crippen LogP contribution in [0.25, 0.3) is 5.83 Å². The van der Waals surface area contributed by atoms with Crippen LogP contribution in [0.4, 0.5) is 39.5 Å². The van der Waals surface area contributed by atoms with E-state index in [4.69, 9.17) is 4.74 Å². The van der Waals surface area contributed by atoms with Crippen LogP contribution in [0.1, 0.15) is 99.7 Å². The Hall–Kier alpha value is -2.75. The van der Waals surface area contributed by atoms with Gasteiger partial charge >= 0.3 is 6.11 Å². The third-order valence-corrected chi connectivity index (χ3v) is 8.42. The summed E-state index contributed by atoms with van der Waals surface area (Å²) < 4.78 is 134. The summed E-state index contributed by atoms with van der Waals surface area (Å²) in [7, 11) is 0. The number of benzene rings is 2. The second kappa shape index (κ2) is 13.7. The number of hydrogen-bond donors (Lipinski definition) is 0. The molecule has 0 spiro atoms. The van der Waals surface area contributed by atoms with Crippen molar-refractivity contribution in [2.45, 2.75) is 95.2 Å². The molecule has 42 heavy (non-hydrogen) atoms. The maximum atomic E-state index is 15.1. The highest BCUT2D eigenvalue weighted by Crippen LogP contribution is 2.46. The van der Waals surface area contributed by atoms with Crippen molar-refractivity contribution in [1.82, 2.24) is 0 Å². The fraction of sp³-hybridized carbons (Fsp3) is 0.500. The summed E-state index contributed by atoms with van der Waals surface area (Å²) in [5, 5.41) is 0. The predicted octanol–water partition coefficient (Wildman–Crippen LogP) is 11.0. The minimum Gasteiger partial charge on any atom is -0.317 e. The molecule has 2 saturated carbocycles. The molecule has 0 heterocycles. The van der Waals surface area contributed by atoms with Gasteiger partial charge in [0.25, 0.3) is 0 Å². The Morgan fingerprint density at radius 2 is 1.33 bits per heavy atom. The monoisotopic (exact) mass is 604 g/mol. The van der Waals surface area contributed by atoms with Crippen molar-refractivity contribution in [3.8, 4) is 0 Å². The van der Waals surface area contributed by atoms with Crippen molar-refractivity contribution < 1.29 is 44.3 Å². The van der Waals surface area contributed by atoms with Crippen LogP contribution in [-0.4, -0.2) is 12.2 Å². The molecule has 4 rings (SSSR count). The van der Waals surface area contributed by atoms with Gasteiger partial charge in [-0.25, -0.2) is 30.7 Å². The van der Waals surface area contributed by atoms with Gasteiger partial charge in [0.15, 0.2) is 23.3 Å². The average Bonchev–Trinajstić information content (AvgIpc) is 2.95. The van der Waals surface area contributed by atoms with E-state index in [1.807, 2.05) is 0 Å². The molecular formula is C32H33F9O. The van der Waals surface area contributed by atoms with Crippen LogP contribution in [0.5, 0.6) is 0 Å². The van der Waals surface area contributed by atoms with Crippen molar-refractivity contribution in [1.29, 1.82) is 0 Å². The van der Waals surface area contributed by atoms with Crippen LogP contribution >= 0.6 is 0 Å². The first-order chi connectivity index (χ1) is 19.9. The number of allylic oxidation sites excluding steroid dienone is 3. The lowest BCUT2D eigenvalue weighted by molar-refractivity contribution is -0.300. The SMILES string of the molecule is C/C=C/CC/C(F)=C(\F)c1cc(F)c(C2CCC(C(F)(F)OC3CCC(c4cc(F)c(F)c(F)c4)CC3)CC2)c(F)c1. The smallest absolute Gasteiger partial charge is 0.317 e. The van der Waals surface area contributed by atoms with E-state index in [0.717, 1.165) is 24.3 Å². The predicted molar refractivity (Wildman–Crippen MR) is 142 cm³/mol. The molecule has 1 nitrogen and oxygen atoms in total. The zero-order valence-electron chi connectivity index (χ0n) is 23.2. The summed E-state index contributed by atoms with van der Waals surface area (Å²) >= 11 is 0. The van der Waals surface area contributed by atoms with Crippen LogP contribution in [0, 0.1) is 35.0 Å². The lowest BCUT2D eigenvalue weighted by Crippen LogP contribution is -2.38. The standard InChI is InChI=1S/C32H33F9O/c1-2-3-4-5-24(33)30(38)21-16-25(34)29(26(35)17-21)19-6-10-22(11-7-19)32(40,41)42-23-12-8-18(9-13-23)20-14-27(36)31(39)28(37)15-20/h2-3,14-19,22-23H,4-13H2,1H3/b3-2+,30-24+. The molecule has 10 heteroatoms. The third-order valence-electron chi connectivity index (χ3n) is 8.42. The molecule has 2 aromatic carbocycles. The van der Waals surface area contributed by atoms with Gasteiger partial charge in [0.2, 0.25) is 0 Å². The first-order valence-electron chi connectivity index (χ1n) is 14.3. The molecule has 0 N–H and O–H groups in total. The van der Waals surface area contributed by atoms with Gasteiger partial charge in [-0.15, -0.1) is 0 Å². The highest BCUT2D eigenvalue weighted by Gasteiger charge is 2.45. The zero-order chi connectivity index (χ0) is 30.6. The minimum atomic E-state index is -3.49. The van der Waals surface area contributed by atoms with Crippen LogP contribution in [-0.2, 0) is 4.74 Å².